The molecule has 5 nitrogen and oxygen atoms in total. The van der Waals surface area contributed by atoms with Gasteiger partial charge in [-0.15, -0.1) is 0 Å². The average Bonchev–Trinajstić information content (AvgIpc) is 2.62. The number of nitrogens with one attached hydrogen (secondary N) is 1. The summed E-state index contributed by atoms with van der Waals surface area (Å²) in [5, 5.41) is 12.5. The van der Waals surface area contributed by atoms with Gasteiger partial charge in [0, 0.05) is 6.54 Å². The van der Waals surface area contributed by atoms with Gasteiger partial charge in [0.05, 0.1) is 18.9 Å². The molecule has 2 bridgehead atoms. The number of rotatable bonds is 6. The lowest BCUT2D eigenvalue weighted by Gasteiger charge is -2.41. The second kappa shape index (κ2) is 7.07. The van der Waals surface area contributed by atoms with Gasteiger partial charge in [-0.1, -0.05) is 30.4 Å². The Morgan fingerprint density at radius 3 is 2.46 bits per heavy atom. The number of fused-ring (bicyclic) bond motifs is 2. The predicted octanol–water partition coefficient (Wildman–Crippen LogP) is 2.27. The van der Waals surface area contributed by atoms with Gasteiger partial charge in [0.15, 0.2) is 0 Å². The zero-order chi connectivity index (χ0) is 17.1. The van der Waals surface area contributed by atoms with Crippen molar-refractivity contribution in [3.05, 3.63) is 42.0 Å². The highest BCUT2D eigenvalue weighted by Crippen LogP contribution is 2.45. The Labute approximate surface area is 141 Å². The fourth-order valence-corrected chi connectivity index (χ4v) is 4.04. The SMILES string of the molecule is COc1ccccc1CCNC(=O)[C@H]1[C@@H](C(=O)O)[C@H]2C=C[C@@H]1CC2. The van der Waals surface area contributed by atoms with E-state index in [-0.39, 0.29) is 17.7 Å². The molecular formula is C19H23NO4. The molecule has 128 valence electrons. The summed E-state index contributed by atoms with van der Waals surface area (Å²) in [7, 11) is 1.62. The van der Waals surface area contributed by atoms with Gasteiger partial charge in [-0.05, 0) is 42.7 Å². The standard InChI is InChI=1S/C19H23NO4/c1-24-15-5-3-2-4-12(15)10-11-20-18(21)16-13-6-8-14(9-7-13)17(16)19(22)23/h2-6,8,13-14,16-17H,7,9-11H2,1H3,(H,20,21)(H,22,23)/t13-,14+,16-,17+/m1/s1. The highest BCUT2D eigenvalue weighted by Gasteiger charge is 2.47. The summed E-state index contributed by atoms with van der Waals surface area (Å²) < 4.78 is 5.31. The van der Waals surface area contributed by atoms with E-state index in [1.54, 1.807) is 7.11 Å². The molecule has 1 aromatic rings. The van der Waals surface area contributed by atoms with E-state index >= 15 is 0 Å². The second-order valence-electron chi connectivity index (χ2n) is 6.53. The summed E-state index contributed by atoms with van der Waals surface area (Å²) in [6.45, 7) is 0.475. The van der Waals surface area contributed by atoms with Crippen LogP contribution in [0.25, 0.3) is 0 Å². The van der Waals surface area contributed by atoms with Crippen molar-refractivity contribution >= 4 is 11.9 Å². The topological polar surface area (TPSA) is 75.6 Å². The molecule has 3 aliphatic rings. The molecule has 0 saturated heterocycles. The number of carboxylic acid groups (broad SMARTS) is 1. The number of carbonyl (C=O) groups is 2. The van der Waals surface area contributed by atoms with Crippen molar-refractivity contribution in [1.29, 1.82) is 0 Å². The first-order chi connectivity index (χ1) is 11.6. The zero-order valence-electron chi connectivity index (χ0n) is 13.8. The maximum absolute atomic E-state index is 12.6. The number of allylic oxidation sites excluding steroid dienone is 2. The first-order valence-electron chi connectivity index (χ1n) is 8.42. The van der Waals surface area contributed by atoms with Gasteiger partial charge in [-0.2, -0.15) is 0 Å². The summed E-state index contributed by atoms with van der Waals surface area (Å²) in [6.07, 6.45) is 6.42. The second-order valence-corrected chi connectivity index (χ2v) is 6.53. The van der Waals surface area contributed by atoms with Crippen molar-refractivity contribution in [1.82, 2.24) is 5.32 Å². The van der Waals surface area contributed by atoms with Crippen molar-refractivity contribution in [2.45, 2.75) is 19.3 Å². The number of carboxylic acids is 1. The minimum atomic E-state index is -0.862. The van der Waals surface area contributed by atoms with Crippen molar-refractivity contribution in [3.63, 3.8) is 0 Å². The fourth-order valence-electron chi connectivity index (χ4n) is 4.04. The summed E-state index contributed by atoms with van der Waals surface area (Å²) >= 11 is 0. The van der Waals surface area contributed by atoms with Crippen LogP contribution in [0.3, 0.4) is 0 Å². The van der Waals surface area contributed by atoms with Gasteiger partial charge in [0.25, 0.3) is 0 Å². The van der Waals surface area contributed by atoms with E-state index in [9.17, 15) is 14.7 Å². The van der Waals surface area contributed by atoms with Crippen LogP contribution < -0.4 is 10.1 Å². The van der Waals surface area contributed by atoms with Crippen LogP contribution in [-0.4, -0.2) is 30.6 Å². The fraction of sp³-hybridized carbons (Fsp3) is 0.474. The van der Waals surface area contributed by atoms with E-state index in [2.05, 4.69) is 5.32 Å². The van der Waals surface area contributed by atoms with Crippen LogP contribution in [0.2, 0.25) is 0 Å². The first-order valence-corrected chi connectivity index (χ1v) is 8.42. The Balaban J connectivity index is 1.62. The lowest BCUT2D eigenvalue weighted by Crippen LogP contribution is -2.49. The normalized spacial score (nSPS) is 27.7. The van der Waals surface area contributed by atoms with Gasteiger partial charge in [-0.3, -0.25) is 9.59 Å². The highest BCUT2D eigenvalue weighted by atomic mass is 16.5. The molecule has 4 rings (SSSR count). The summed E-state index contributed by atoms with van der Waals surface area (Å²) in [5.41, 5.74) is 1.03. The van der Waals surface area contributed by atoms with Crippen molar-refractivity contribution in [2.75, 3.05) is 13.7 Å². The van der Waals surface area contributed by atoms with Gasteiger partial charge in [-0.25, -0.2) is 0 Å². The molecule has 24 heavy (non-hydrogen) atoms. The number of methoxy groups -OCH3 is 1. The lowest BCUT2D eigenvalue weighted by molar-refractivity contribution is -0.152. The smallest absolute Gasteiger partial charge is 0.307 e. The molecule has 5 heteroatoms. The minimum Gasteiger partial charge on any atom is -0.496 e. The van der Waals surface area contributed by atoms with Gasteiger partial charge < -0.3 is 15.2 Å². The Morgan fingerprint density at radius 2 is 1.83 bits per heavy atom. The Morgan fingerprint density at radius 1 is 1.17 bits per heavy atom. The highest BCUT2D eigenvalue weighted by molar-refractivity contribution is 5.86. The summed E-state index contributed by atoms with van der Waals surface area (Å²) in [6, 6.07) is 7.70. The number of para-hydroxylation sites is 1. The van der Waals surface area contributed by atoms with E-state index in [4.69, 9.17) is 4.74 Å². The summed E-state index contributed by atoms with van der Waals surface area (Å²) in [4.78, 5) is 24.2. The van der Waals surface area contributed by atoms with Gasteiger partial charge in [0.2, 0.25) is 5.91 Å². The van der Waals surface area contributed by atoms with Crippen LogP contribution >= 0.6 is 0 Å². The third-order valence-corrected chi connectivity index (χ3v) is 5.22. The monoisotopic (exact) mass is 329 g/mol. The number of ether oxygens (including phenoxy) is 1. The maximum Gasteiger partial charge on any atom is 0.307 e. The zero-order valence-corrected chi connectivity index (χ0v) is 13.8. The third kappa shape index (κ3) is 3.16. The molecule has 4 atom stereocenters. The average molecular weight is 329 g/mol. The molecule has 0 unspecified atom stereocenters. The third-order valence-electron chi connectivity index (χ3n) is 5.22. The number of benzene rings is 1. The van der Waals surface area contributed by atoms with Crippen LogP contribution in [0.5, 0.6) is 5.75 Å². The molecule has 0 radical (unpaired) electrons. The molecule has 0 heterocycles. The van der Waals surface area contributed by atoms with Crippen LogP contribution in [0.1, 0.15) is 18.4 Å². The molecular weight excluding hydrogens is 306 g/mol. The molecule has 0 aromatic heterocycles. The van der Waals surface area contributed by atoms with Crippen LogP contribution in [0, 0.1) is 23.7 Å². The molecule has 1 saturated carbocycles. The van der Waals surface area contributed by atoms with Crippen molar-refractivity contribution in [2.24, 2.45) is 23.7 Å². The largest absolute Gasteiger partial charge is 0.496 e. The number of aliphatic carboxylic acids is 1. The number of amides is 1. The molecule has 0 aliphatic heterocycles. The minimum absolute atomic E-state index is 0.0162. The van der Waals surface area contributed by atoms with E-state index in [0.29, 0.717) is 13.0 Å². The Hall–Kier alpha value is -2.30. The van der Waals surface area contributed by atoms with Crippen LogP contribution in [-0.2, 0) is 16.0 Å². The number of carbonyl (C=O) groups excluding carboxylic acids is 1. The van der Waals surface area contributed by atoms with E-state index in [1.165, 1.54) is 0 Å². The first kappa shape index (κ1) is 16.6. The molecule has 0 spiro atoms. The molecule has 1 aromatic carbocycles. The molecule has 1 fully saturated rings. The maximum atomic E-state index is 12.6. The Bertz CT molecular complexity index is 655. The molecule has 1 amide bonds. The number of hydrogen-bond donors (Lipinski definition) is 2. The van der Waals surface area contributed by atoms with Crippen molar-refractivity contribution < 1.29 is 19.4 Å². The van der Waals surface area contributed by atoms with Crippen LogP contribution in [0.15, 0.2) is 36.4 Å². The Kier molecular flexibility index (Phi) is 4.88. The van der Waals surface area contributed by atoms with E-state index < -0.39 is 17.8 Å². The quantitative estimate of drug-likeness (QED) is 0.785. The number of hydrogen-bond acceptors (Lipinski definition) is 3. The van der Waals surface area contributed by atoms with Crippen LogP contribution in [0.4, 0.5) is 0 Å². The molecule has 3 aliphatic carbocycles. The summed E-state index contributed by atoms with van der Waals surface area (Å²) in [5.74, 6) is -1.23. The van der Waals surface area contributed by atoms with Gasteiger partial charge in [0.1, 0.15) is 5.75 Å². The lowest BCUT2D eigenvalue weighted by atomic mass is 9.62. The molecule has 2 N–H and O–H groups in total. The van der Waals surface area contributed by atoms with Gasteiger partial charge >= 0.3 is 5.97 Å². The van der Waals surface area contributed by atoms with E-state index in [0.717, 1.165) is 24.2 Å². The van der Waals surface area contributed by atoms with E-state index in [1.807, 2.05) is 36.4 Å². The van der Waals surface area contributed by atoms with Crippen molar-refractivity contribution in [3.8, 4) is 5.75 Å². The predicted molar refractivity (Wildman–Crippen MR) is 89.7 cm³/mol.